The van der Waals surface area contributed by atoms with E-state index in [1.807, 2.05) is 0 Å². The minimum Gasteiger partial charge on any atom is -0.494 e. The van der Waals surface area contributed by atoms with E-state index in [2.05, 4.69) is 0 Å². The van der Waals surface area contributed by atoms with Crippen molar-refractivity contribution in [2.75, 3.05) is 25.2 Å². The Kier molecular flexibility index (Phi) is 5.69. The van der Waals surface area contributed by atoms with Crippen LogP contribution in [0.1, 0.15) is 24.8 Å². The molecule has 148 valence electrons. The molecule has 1 atom stereocenters. The van der Waals surface area contributed by atoms with Crippen LogP contribution in [0.5, 0.6) is 5.75 Å². The van der Waals surface area contributed by atoms with Crippen LogP contribution >= 0.6 is 0 Å². The summed E-state index contributed by atoms with van der Waals surface area (Å²) in [4.78, 5) is 26.0. The van der Waals surface area contributed by atoms with Crippen molar-refractivity contribution in [1.29, 1.82) is 0 Å². The van der Waals surface area contributed by atoms with Crippen LogP contribution in [0.15, 0.2) is 18.2 Å². The zero-order valence-electron chi connectivity index (χ0n) is 15.0. The van der Waals surface area contributed by atoms with Gasteiger partial charge in [0.2, 0.25) is 0 Å². The highest BCUT2D eigenvalue weighted by Gasteiger charge is 2.42. The molecule has 27 heavy (non-hydrogen) atoms. The fraction of sp³-hybridized carbons (Fsp3) is 0.556. The third-order valence-corrected chi connectivity index (χ3v) is 6.50. The van der Waals surface area contributed by atoms with Crippen molar-refractivity contribution < 1.29 is 31.9 Å². The number of rotatable bonds is 7. The molecule has 1 amide bonds. The molecular formula is C18H22FNO6S. The molecule has 0 aromatic heterocycles. The van der Waals surface area contributed by atoms with Crippen LogP contribution in [0.2, 0.25) is 0 Å². The van der Waals surface area contributed by atoms with Crippen LogP contribution in [0.4, 0.5) is 4.39 Å². The van der Waals surface area contributed by atoms with Crippen molar-refractivity contribution in [2.45, 2.75) is 37.8 Å². The number of hydrogen-bond donors (Lipinski definition) is 0. The lowest BCUT2D eigenvalue weighted by Crippen LogP contribution is -2.44. The molecule has 1 aromatic rings. The van der Waals surface area contributed by atoms with Gasteiger partial charge in [0.05, 0.1) is 25.0 Å². The number of nitrogens with zero attached hydrogens (tertiary/aromatic N) is 1. The van der Waals surface area contributed by atoms with Crippen molar-refractivity contribution in [3.8, 4) is 5.75 Å². The maximum absolute atomic E-state index is 13.7. The Balaban J connectivity index is 1.54. The molecule has 0 spiro atoms. The van der Waals surface area contributed by atoms with Gasteiger partial charge in [-0.05, 0) is 37.0 Å². The van der Waals surface area contributed by atoms with Gasteiger partial charge >= 0.3 is 5.97 Å². The fourth-order valence-corrected chi connectivity index (χ4v) is 5.02. The minimum absolute atomic E-state index is 0.0326. The Labute approximate surface area is 157 Å². The van der Waals surface area contributed by atoms with E-state index in [4.69, 9.17) is 9.47 Å². The molecule has 1 aliphatic carbocycles. The van der Waals surface area contributed by atoms with E-state index in [-0.39, 0.29) is 41.7 Å². The summed E-state index contributed by atoms with van der Waals surface area (Å²) in [7, 11) is -1.76. The van der Waals surface area contributed by atoms with E-state index in [0.717, 1.165) is 12.8 Å². The molecule has 2 fully saturated rings. The standard InChI is InChI=1S/C18H22FNO6S/c1-25-16-5-2-12(8-15(16)19)9-18(22)26-10-17(21)20(13-3-4-13)14-6-7-27(23,24)11-14/h2,5,8,13-14H,3-4,6-7,9-11H2,1H3/t14-/m1/s1. The number of sulfone groups is 1. The van der Waals surface area contributed by atoms with Gasteiger partial charge in [0, 0.05) is 12.1 Å². The smallest absolute Gasteiger partial charge is 0.310 e. The molecule has 9 heteroatoms. The molecule has 1 saturated heterocycles. The summed E-state index contributed by atoms with van der Waals surface area (Å²) in [6, 6.07) is 3.83. The van der Waals surface area contributed by atoms with Crippen molar-refractivity contribution in [1.82, 2.24) is 4.90 Å². The SMILES string of the molecule is COc1ccc(CC(=O)OCC(=O)N(C2CC2)[C@@H]2CCS(=O)(=O)C2)cc1F. The van der Waals surface area contributed by atoms with Crippen molar-refractivity contribution in [3.63, 3.8) is 0 Å². The van der Waals surface area contributed by atoms with E-state index in [1.54, 1.807) is 11.0 Å². The summed E-state index contributed by atoms with van der Waals surface area (Å²) in [6.07, 6.45) is 1.92. The maximum Gasteiger partial charge on any atom is 0.310 e. The second-order valence-corrected chi connectivity index (χ2v) is 9.12. The van der Waals surface area contributed by atoms with Crippen LogP contribution in [0.3, 0.4) is 0 Å². The predicted octanol–water partition coefficient (Wildman–Crippen LogP) is 1.10. The zero-order valence-corrected chi connectivity index (χ0v) is 15.8. The summed E-state index contributed by atoms with van der Waals surface area (Å²) < 4.78 is 46.9. The summed E-state index contributed by atoms with van der Waals surface area (Å²) >= 11 is 0. The van der Waals surface area contributed by atoms with Gasteiger partial charge in [0.25, 0.3) is 5.91 Å². The summed E-state index contributed by atoms with van der Waals surface area (Å²) in [5.74, 6) is -1.49. The van der Waals surface area contributed by atoms with Crippen LogP contribution < -0.4 is 4.74 Å². The number of carbonyl (C=O) groups excluding carboxylic acids is 2. The van der Waals surface area contributed by atoms with Crippen LogP contribution in [-0.2, 0) is 30.6 Å². The Morgan fingerprint density at radius 3 is 2.52 bits per heavy atom. The van der Waals surface area contributed by atoms with Gasteiger partial charge in [-0.1, -0.05) is 6.07 Å². The van der Waals surface area contributed by atoms with Crippen molar-refractivity contribution >= 4 is 21.7 Å². The topological polar surface area (TPSA) is 90.0 Å². The van der Waals surface area contributed by atoms with E-state index in [0.29, 0.717) is 12.0 Å². The van der Waals surface area contributed by atoms with Crippen LogP contribution in [-0.4, -0.2) is 62.5 Å². The summed E-state index contributed by atoms with van der Waals surface area (Å²) in [5.41, 5.74) is 0.409. The highest BCUT2D eigenvalue weighted by molar-refractivity contribution is 7.91. The lowest BCUT2D eigenvalue weighted by molar-refractivity contribution is -0.152. The number of amides is 1. The minimum atomic E-state index is -3.11. The van der Waals surface area contributed by atoms with Crippen LogP contribution in [0.25, 0.3) is 0 Å². The number of benzene rings is 1. The Hall–Kier alpha value is -2.16. The molecule has 3 rings (SSSR count). The summed E-state index contributed by atoms with van der Waals surface area (Å²) in [5, 5.41) is 0. The molecule has 0 radical (unpaired) electrons. The average Bonchev–Trinajstić information content (AvgIpc) is 3.36. The van der Waals surface area contributed by atoms with Gasteiger partial charge in [-0.15, -0.1) is 0 Å². The third kappa shape index (κ3) is 4.97. The van der Waals surface area contributed by atoms with Gasteiger partial charge in [0.15, 0.2) is 28.0 Å². The second kappa shape index (κ2) is 7.84. The average molecular weight is 399 g/mol. The molecule has 7 nitrogen and oxygen atoms in total. The molecule has 1 saturated carbocycles. The first kappa shape index (κ1) is 19.6. The third-order valence-electron chi connectivity index (χ3n) is 4.75. The predicted molar refractivity (Wildman–Crippen MR) is 94.5 cm³/mol. The Morgan fingerprint density at radius 2 is 1.96 bits per heavy atom. The quantitative estimate of drug-likeness (QED) is 0.638. The molecule has 0 unspecified atom stereocenters. The molecule has 1 aliphatic heterocycles. The second-order valence-electron chi connectivity index (χ2n) is 6.90. The van der Waals surface area contributed by atoms with Crippen LogP contribution in [0, 0.1) is 5.82 Å². The number of esters is 1. The van der Waals surface area contributed by atoms with Gasteiger partial charge in [-0.2, -0.15) is 0 Å². The summed E-state index contributed by atoms with van der Waals surface area (Å²) in [6.45, 7) is -0.440. The van der Waals surface area contributed by atoms with Crippen molar-refractivity contribution in [3.05, 3.63) is 29.6 Å². The van der Waals surface area contributed by atoms with Gasteiger partial charge in [-0.25, -0.2) is 12.8 Å². The Bertz CT molecular complexity index is 836. The molecule has 1 aromatic carbocycles. The molecular weight excluding hydrogens is 377 g/mol. The van der Waals surface area contributed by atoms with Gasteiger partial charge < -0.3 is 14.4 Å². The Morgan fingerprint density at radius 1 is 1.22 bits per heavy atom. The monoisotopic (exact) mass is 399 g/mol. The lowest BCUT2D eigenvalue weighted by atomic mass is 10.1. The highest BCUT2D eigenvalue weighted by Crippen LogP contribution is 2.32. The fourth-order valence-electron chi connectivity index (χ4n) is 3.31. The maximum atomic E-state index is 13.7. The van der Waals surface area contributed by atoms with Gasteiger partial charge in [0.1, 0.15) is 0 Å². The number of carbonyl (C=O) groups is 2. The van der Waals surface area contributed by atoms with E-state index < -0.39 is 28.2 Å². The zero-order chi connectivity index (χ0) is 19.6. The molecule has 2 aliphatic rings. The number of methoxy groups -OCH3 is 1. The number of ether oxygens (including phenoxy) is 2. The first-order chi connectivity index (χ1) is 12.8. The lowest BCUT2D eigenvalue weighted by Gasteiger charge is -2.28. The first-order valence-electron chi connectivity index (χ1n) is 8.78. The normalized spacial score (nSPS) is 20.9. The van der Waals surface area contributed by atoms with E-state index >= 15 is 0 Å². The first-order valence-corrected chi connectivity index (χ1v) is 10.6. The molecule has 1 heterocycles. The van der Waals surface area contributed by atoms with E-state index in [9.17, 15) is 22.4 Å². The van der Waals surface area contributed by atoms with E-state index in [1.165, 1.54) is 19.2 Å². The molecule has 0 bridgehead atoms. The molecule has 0 N–H and O–H groups in total. The number of halogens is 1. The largest absolute Gasteiger partial charge is 0.494 e. The highest BCUT2D eigenvalue weighted by atomic mass is 32.2. The van der Waals surface area contributed by atoms with Gasteiger partial charge in [-0.3, -0.25) is 9.59 Å². The number of hydrogen-bond acceptors (Lipinski definition) is 6. The van der Waals surface area contributed by atoms with Crippen molar-refractivity contribution in [2.24, 2.45) is 0 Å².